The van der Waals surface area contributed by atoms with Crippen molar-refractivity contribution in [3.05, 3.63) is 0 Å². The zero-order valence-electron chi connectivity index (χ0n) is 6.83. The van der Waals surface area contributed by atoms with Crippen LogP contribution in [0.5, 0.6) is 0 Å². The standard InChI is InChI=1S/C5H10O2S.C2H6/c1-4-6-2-5(8)3-7-4;1-2/h4-5,8H,2-3H2,1H3;1-2H3. The third kappa shape index (κ3) is 4.14. The Morgan fingerprint density at radius 1 is 1.20 bits per heavy atom. The van der Waals surface area contributed by atoms with E-state index in [2.05, 4.69) is 12.6 Å². The maximum absolute atomic E-state index is 5.09. The molecule has 1 saturated heterocycles. The second kappa shape index (κ2) is 6.01. The summed E-state index contributed by atoms with van der Waals surface area (Å²) in [6.07, 6.45) is -0.0293. The largest absolute Gasteiger partial charge is 0.352 e. The molecule has 62 valence electrons. The van der Waals surface area contributed by atoms with Crippen LogP contribution in [0, 0.1) is 0 Å². The molecule has 0 N–H and O–H groups in total. The van der Waals surface area contributed by atoms with Crippen molar-refractivity contribution in [3.8, 4) is 0 Å². The molecular weight excluding hydrogens is 148 g/mol. The number of hydrogen-bond donors (Lipinski definition) is 1. The van der Waals surface area contributed by atoms with Gasteiger partial charge in [-0.1, -0.05) is 13.8 Å². The monoisotopic (exact) mass is 164 g/mol. The van der Waals surface area contributed by atoms with E-state index in [9.17, 15) is 0 Å². The molecule has 1 aliphatic heterocycles. The van der Waals surface area contributed by atoms with Crippen molar-refractivity contribution in [3.63, 3.8) is 0 Å². The van der Waals surface area contributed by atoms with Crippen molar-refractivity contribution in [1.82, 2.24) is 0 Å². The molecule has 0 aromatic heterocycles. The second-order valence-electron chi connectivity index (χ2n) is 1.89. The molecule has 0 aromatic rings. The van der Waals surface area contributed by atoms with Gasteiger partial charge in [0, 0.05) is 5.25 Å². The highest BCUT2D eigenvalue weighted by molar-refractivity contribution is 7.81. The highest BCUT2D eigenvalue weighted by Crippen LogP contribution is 2.07. The van der Waals surface area contributed by atoms with Crippen LogP contribution in [0.2, 0.25) is 0 Å². The molecule has 0 aromatic carbocycles. The van der Waals surface area contributed by atoms with Crippen molar-refractivity contribution in [2.24, 2.45) is 0 Å². The van der Waals surface area contributed by atoms with Gasteiger partial charge in [0.1, 0.15) is 0 Å². The summed E-state index contributed by atoms with van der Waals surface area (Å²) < 4.78 is 10.2. The molecule has 10 heavy (non-hydrogen) atoms. The van der Waals surface area contributed by atoms with E-state index in [1.807, 2.05) is 20.8 Å². The van der Waals surface area contributed by atoms with Gasteiger partial charge in [0.15, 0.2) is 6.29 Å². The van der Waals surface area contributed by atoms with E-state index in [1.165, 1.54) is 0 Å². The van der Waals surface area contributed by atoms with Crippen LogP contribution in [0.3, 0.4) is 0 Å². The van der Waals surface area contributed by atoms with Crippen molar-refractivity contribution < 1.29 is 9.47 Å². The van der Waals surface area contributed by atoms with Crippen LogP contribution in [0.4, 0.5) is 0 Å². The Morgan fingerprint density at radius 2 is 1.60 bits per heavy atom. The first-order valence-electron chi connectivity index (χ1n) is 3.70. The van der Waals surface area contributed by atoms with Gasteiger partial charge in [-0.05, 0) is 6.92 Å². The second-order valence-corrected chi connectivity index (χ2v) is 2.62. The molecule has 1 rings (SSSR count). The molecule has 1 aliphatic rings. The maximum Gasteiger partial charge on any atom is 0.154 e. The molecule has 0 atom stereocenters. The van der Waals surface area contributed by atoms with Crippen LogP contribution < -0.4 is 0 Å². The average Bonchev–Trinajstić information content (AvgIpc) is 2.00. The molecule has 0 bridgehead atoms. The van der Waals surface area contributed by atoms with Crippen molar-refractivity contribution in [2.45, 2.75) is 32.3 Å². The molecular formula is C7H16O2S. The molecule has 0 unspecified atom stereocenters. The summed E-state index contributed by atoms with van der Waals surface area (Å²) in [5, 5.41) is 0.270. The third-order valence-electron chi connectivity index (χ3n) is 1.05. The maximum atomic E-state index is 5.09. The molecule has 0 amide bonds. The highest BCUT2D eigenvalue weighted by Gasteiger charge is 2.14. The van der Waals surface area contributed by atoms with E-state index >= 15 is 0 Å². The van der Waals surface area contributed by atoms with Gasteiger partial charge in [0.05, 0.1) is 13.2 Å². The Labute approximate surface area is 68.3 Å². The lowest BCUT2D eigenvalue weighted by molar-refractivity contribution is -0.163. The minimum Gasteiger partial charge on any atom is -0.352 e. The van der Waals surface area contributed by atoms with Crippen LogP contribution in [0.1, 0.15) is 20.8 Å². The molecule has 0 spiro atoms. The summed E-state index contributed by atoms with van der Waals surface area (Å²) in [4.78, 5) is 0. The molecule has 0 aliphatic carbocycles. The lowest BCUT2D eigenvalue weighted by Gasteiger charge is -2.23. The summed E-state index contributed by atoms with van der Waals surface area (Å²) in [6, 6.07) is 0. The molecule has 0 radical (unpaired) electrons. The van der Waals surface area contributed by atoms with E-state index < -0.39 is 0 Å². The summed E-state index contributed by atoms with van der Waals surface area (Å²) >= 11 is 4.15. The van der Waals surface area contributed by atoms with Crippen LogP contribution in [0.15, 0.2) is 0 Å². The molecule has 1 fully saturated rings. The minimum atomic E-state index is -0.0293. The van der Waals surface area contributed by atoms with E-state index in [0.717, 1.165) is 0 Å². The quantitative estimate of drug-likeness (QED) is 0.549. The topological polar surface area (TPSA) is 18.5 Å². The SMILES string of the molecule is CC.CC1OCC(S)CO1. The Bertz CT molecular complexity index is 60.0. The van der Waals surface area contributed by atoms with E-state index in [-0.39, 0.29) is 11.5 Å². The van der Waals surface area contributed by atoms with Gasteiger partial charge in [-0.25, -0.2) is 0 Å². The van der Waals surface area contributed by atoms with E-state index in [0.29, 0.717) is 13.2 Å². The smallest absolute Gasteiger partial charge is 0.154 e. The van der Waals surface area contributed by atoms with Crippen molar-refractivity contribution in [1.29, 1.82) is 0 Å². The number of hydrogen-bond acceptors (Lipinski definition) is 3. The first kappa shape index (κ1) is 10.3. The van der Waals surface area contributed by atoms with Crippen LogP contribution >= 0.6 is 12.6 Å². The van der Waals surface area contributed by atoms with Gasteiger partial charge in [-0.3, -0.25) is 0 Å². The van der Waals surface area contributed by atoms with Gasteiger partial charge < -0.3 is 9.47 Å². The molecule has 2 nitrogen and oxygen atoms in total. The fraction of sp³-hybridized carbons (Fsp3) is 1.00. The van der Waals surface area contributed by atoms with Crippen molar-refractivity contribution in [2.75, 3.05) is 13.2 Å². The minimum absolute atomic E-state index is 0.0293. The number of rotatable bonds is 0. The molecule has 1 heterocycles. The van der Waals surface area contributed by atoms with Crippen LogP contribution in [-0.2, 0) is 9.47 Å². The molecule has 0 saturated carbocycles. The summed E-state index contributed by atoms with van der Waals surface area (Å²) in [5.74, 6) is 0. The van der Waals surface area contributed by atoms with Gasteiger partial charge in [-0.15, -0.1) is 0 Å². The van der Waals surface area contributed by atoms with E-state index in [1.54, 1.807) is 0 Å². The Hall–Kier alpha value is 0.270. The summed E-state index contributed by atoms with van der Waals surface area (Å²) in [5.41, 5.74) is 0. The first-order valence-corrected chi connectivity index (χ1v) is 4.22. The predicted octanol–water partition coefficient (Wildman–Crippen LogP) is 1.70. The number of ether oxygens (including phenoxy) is 2. The highest BCUT2D eigenvalue weighted by atomic mass is 32.1. The van der Waals surface area contributed by atoms with Gasteiger partial charge >= 0.3 is 0 Å². The van der Waals surface area contributed by atoms with Gasteiger partial charge in [0.2, 0.25) is 0 Å². The fourth-order valence-corrected chi connectivity index (χ4v) is 0.762. The van der Waals surface area contributed by atoms with Gasteiger partial charge in [-0.2, -0.15) is 12.6 Å². The first-order chi connectivity index (χ1) is 4.79. The lowest BCUT2D eigenvalue weighted by atomic mass is 10.4. The Kier molecular flexibility index (Phi) is 6.17. The molecule has 3 heteroatoms. The van der Waals surface area contributed by atoms with Gasteiger partial charge in [0.25, 0.3) is 0 Å². The Morgan fingerprint density at radius 3 is 1.90 bits per heavy atom. The average molecular weight is 164 g/mol. The van der Waals surface area contributed by atoms with Crippen LogP contribution in [-0.4, -0.2) is 24.8 Å². The van der Waals surface area contributed by atoms with Crippen molar-refractivity contribution >= 4 is 12.6 Å². The van der Waals surface area contributed by atoms with Crippen LogP contribution in [0.25, 0.3) is 0 Å². The lowest BCUT2D eigenvalue weighted by Crippen LogP contribution is -2.30. The Balaban J connectivity index is 0.000000371. The normalized spacial score (nSPS) is 32.4. The summed E-state index contributed by atoms with van der Waals surface area (Å²) in [7, 11) is 0. The predicted molar refractivity (Wildman–Crippen MR) is 45.5 cm³/mol. The van der Waals surface area contributed by atoms with E-state index in [4.69, 9.17) is 9.47 Å². The third-order valence-corrected chi connectivity index (χ3v) is 1.34. The summed E-state index contributed by atoms with van der Waals surface area (Å²) in [6.45, 7) is 7.31. The zero-order valence-corrected chi connectivity index (χ0v) is 7.73. The fourth-order valence-electron chi connectivity index (χ4n) is 0.589. The zero-order chi connectivity index (χ0) is 7.98. The number of thiol groups is 1.